The van der Waals surface area contributed by atoms with Crippen LogP contribution in [0.15, 0.2) is 36.4 Å². The molecule has 29 heavy (non-hydrogen) atoms. The van der Waals surface area contributed by atoms with Gasteiger partial charge in [0, 0.05) is 29.7 Å². The molecule has 2 aromatic carbocycles. The summed E-state index contributed by atoms with van der Waals surface area (Å²) in [6, 6.07) is 9.85. The smallest absolute Gasteiger partial charge is 0.407 e. The van der Waals surface area contributed by atoms with Crippen LogP contribution in [0.1, 0.15) is 29.2 Å². The van der Waals surface area contributed by atoms with Crippen molar-refractivity contribution < 1.29 is 14.3 Å². The van der Waals surface area contributed by atoms with E-state index in [1.54, 1.807) is 12.1 Å². The second kappa shape index (κ2) is 11.4. The quantitative estimate of drug-likeness (QED) is 0.635. The van der Waals surface area contributed by atoms with Crippen molar-refractivity contribution in [3.8, 4) is 0 Å². The van der Waals surface area contributed by atoms with Gasteiger partial charge in [-0.25, -0.2) is 9.18 Å². The highest BCUT2D eigenvalue weighted by molar-refractivity contribution is 6.34. The molecule has 0 unspecified atom stereocenters. The molecule has 1 atom stereocenters. The largest absolute Gasteiger partial charge is 0.465 e. The second-order valence-corrected chi connectivity index (χ2v) is 7.71. The molecule has 2 aromatic rings. The van der Waals surface area contributed by atoms with Crippen molar-refractivity contribution in [2.45, 2.75) is 25.9 Å². The maximum absolute atomic E-state index is 13.1. The molecule has 3 rings (SSSR count). The van der Waals surface area contributed by atoms with Crippen LogP contribution in [0, 0.1) is 12.7 Å². The number of carboxylic acid groups (broad SMARTS) is 1. The Morgan fingerprint density at radius 2 is 1.93 bits per heavy atom. The molecule has 0 spiro atoms. The molecule has 8 heteroatoms. The van der Waals surface area contributed by atoms with Gasteiger partial charge in [0.2, 0.25) is 0 Å². The number of amides is 1. The van der Waals surface area contributed by atoms with E-state index < -0.39 is 6.09 Å². The highest BCUT2D eigenvalue weighted by Crippen LogP contribution is 2.28. The van der Waals surface area contributed by atoms with Crippen molar-refractivity contribution in [3.05, 3.63) is 69.0 Å². The average molecular weight is 442 g/mol. The van der Waals surface area contributed by atoms with Crippen molar-refractivity contribution in [2.24, 2.45) is 0 Å². The number of rotatable bonds is 3. The summed E-state index contributed by atoms with van der Waals surface area (Å²) in [7, 11) is 1.88. The van der Waals surface area contributed by atoms with Crippen LogP contribution < -0.4 is 10.6 Å². The third-order valence-electron chi connectivity index (χ3n) is 4.64. The average Bonchev–Trinajstić information content (AvgIpc) is 2.88. The van der Waals surface area contributed by atoms with Gasteiger partial charge >= 0.3 is 6.09 Å². The van der Waals surface area contributed by atoms with Crippen LogP contribution in [0.4, 0.5) is 9.18 Å². The first-order valence-corrected chi connectivity index (χ1v) is 10.1. The molecule has 5 nitrogen and oxygen atoms in total. The summed E-state index contributed by atoms with van der Waals surface area (Å²) >= 11 is 11.5. The van der Waals surface area contributed by atoms with E-state index in [0.29, 0.717) is 29.6 Å². The van der Waals surface area contributed by atoms with Crippen LogP contribution >= 0.6 is 23.2 Å². The molecule has 1 aliphatic rings. The van der Waals surface area contributed by atoms with E-state index in [0.717, 1.165) is 29.8 Å². The summed E-state index contributed by atoms with van der Waals surface area (Å²) in [5.74, 6) is -0.287. The van der Waals surface area contributed by atoms with Crippen molar-refractivity contribution in [1.29, 1.82) is 0 Å². The number of benzene rings is 2. The first-order chi connectivity index (χ1) is 13.8. The van der Waals surface area contributed by atoms with Gasteiger partial charge in [0.1, 0.15) is 5.82 Å². The normalized spacial score (nSPS) is 16.6. The van der Waals surface area contributed by atoms with Crippen LogP contribution in [0.2, 0.25) is 10.0 Å². The minimum absolute atomic E-state index is 0.196. The van der Waals surface area contributed by atoms with Gasteiger partial charge in [-0.05, 0) is 74.0 Å². The third-order valence-corrected chi connectivity index (χ3v) is 5.08. The SMILES string of the molecule is CNCc1cc(Cl)cc(Cl)c1.Cc1cc(F)ccc1[C@H]1CCNCCN1C(=O)O. The van der Waals surface area contributed by atoms with Gasteiger partial charge in [-0.2, -0.15) is 0 Å². The fourth-order valence-electron chi connectivity index (χ4n) is 3.36. The topological polar surface area (TPSA) is 64.6 Å². The highest BCUT2D eigenvalue weighted by Gasteiger charge is 2.27. The van der Waals surface area contributed by atoms with Crippen LogP contribution in [-0.4, -0.2) is 42.8 Å². The summed E-state index contributed by atoms with van der Waals surface area (Å²) in [4.78, 5) is 12.7. The predicted molar refractivity (Wildman–Crippen MR) is 115 cm³/mol. The Kier molecular flexibility index (Phi) is 9.17. The summed E-state index contributed by atoms with van der Waals surface area (Å²) in [5.41, 5.74) is 2.79. The minimum Gasteiger partial charge on any atom is -0.465 e. The lowest BCUT2D eigenvalue weighted by Crippen LogP contribution is -2.35. The number of nitrogens with zero attached hydrogens (tertiary/aromatic N) is 1. The van der Waals surface area contributed by atoms with Gasteiger partial charge in [0.15, 0.2) is 0 Å². The standard InChI is InChI=1S/C13H17FN2O2.C8H9Cl2N/c1-9-8-10(14)2-3-11(9)12-4-5-15-6-7-16(12)13(17)18;1-11-5-6-2-7(9)4-8(10)3-6/h2-3,8,12,15H,4-7H2,1H3,(H,17,18);2-4,11H,5H2,1H3/t12-;/m1./s1. The van der Waals surface area contributed by atoms with Crippen molar-refractivity contribution in [2.75, 3.05) is 26.7 Å². The lowest BCUT2D eigenvalue weighted by Gasteiger charge is -2.28. The summed E-state index contributed by atoms with van der Waals surface area (Å²) in [6.45, 7) is 4.49. The molecule has 3 N–H and O–H groups in total. The van der Waals surface area contributed by atoms with Crippen LogP contribution in [0.3, 0.4) is 0 Å². The molecular formula is C21H26Cl2FN3O2. The highest BCUT2D eigenvalue weighted by atomic mass is 35.5. The molecule has 0 radical (unpaired) electrons. The maximum atomic E-state index is 13.1. The zero-order valence-electron chi connectivity index (χ0n) is 16.5. The lowest BCUT2D eigenvalue weighted by molar-refractivity contribution is 0.127. The Bertz CT molecular complexity index is 815. The summed E-state index contributed by atoms with van der Waals surface area (Å²) in [5, 5.41) is 16.8. The van der Waals surface area contributed by atoms with E-state index >= 15 is 0 Å². The molecule has 158 valence electrons. The first-order valence-electron chi connectivity index (χ1n) is 9.37. The van der Waals surface area contributed by atoms with Gasteiger partial charge in [-0.3, -0.25) is 4.90 Å². The van der Waals surface area contributed by atoms with E-state index in [-0.39, 0.29) is 11.9 Å². The van der Waals surface area contributed by atoms with E-state index in [2.05, 4.69) is 10.6 Å². The molecule has 1 amide bonds. The Morgan fingerprint density at radius 1 is 1.24 bits per heavy atom. The van der Waals surface area contributed by atoms with E-state index in [9.17, 15) is 14.3 Å². The fourth-order valence-corrected chi connectivity index (χ4v) is 3.93. The third kappa shape index (κ3) is 7.16. The summed E-state index contributed by atoms with van der Waals surface area (Å²) < 4.78 is 13.1. The van der Waals surface area contributed by atoms with E-state index in [1.165, 1.54) is 17.0 Å². The Morgan fingerprint density at radius 3 is 2.52 bits per heavy atom. The van der Waals surface area contributed by atoms with Crippen LogP contribution in [0.25, 0.3) is 0 Å². The fraction of sp³-hybridized carbons (Fsp3) is 0.381. The van der Waals surface area contributed by atoms with Gasteiger partial charge in [0.05, 0.1) is 6.04 Å². The molecule has 0 aliphatic carbocycles. The van der Waals surface area contributed by atoms with Crippen molar-refractivity contribution in [1.82, 2.24) is 15.5 Å². The predicted octanol–water partition coefficient (Wildman–Crippen LogP) is 4.86. The lowest BCUT2D eigenvalue weighted by atomic mass is 9.97. The zero-order chi connectivity index (χ0) is 21.4. The molecule has 1 aliphatic heterocycles. The minimum atomic E-state index is -0.924. The number of hydrogen-bond acceptors (Lipinski definition) is 3. The van der Waals surface area contributed by atoms with Gasteiger partial charge in [-0.1, -0.05) is 29.3 Å². The van der Waals surface area contributed by atoms with Crippen molar-refractivity contribution >= 4 is 29.3 Å². The molecule has 1 heterocycles. The monoisotopic (exact) mass is 441 g/mol. The first kappa shape index (κ1) is 23.4. The number of halogens is 3. The number of nitrogens with one attached hydrogen (secondary N) is 2. The van der Waals surface area contributed by atoms with Crippen molar-refractivity contribution in [3.63, 3.8) is 0 Å². The number of aryl methyl sites for hydroxylation is 1. The molecule has 1 fully saturated rings. The van der Waals surface area contributed by atoms with Gasteiger partial charge in [0.25, 0.3) is 0 Å². The van der Waals surface area contributed by atoms with Gasteiger partial charge in [-0.15, -0.1) is 0 Å². The zero-order valence-corrected chi connectivity index (χ0v) is 18.0. The molecule has 0 bridgehead atoms. The van der Waals surface area contributed by atoms with Gasteiger partial charge < -0.3 is 15.7 Å². The Labute approximate surface area is 180 Å². The van der Waals surface area contributed by atoms with E-state index in [4.69, 9.17) is 23.2 Å². The molecule has 1 saturated heterocycles. The summed E-state index contributed by atoms with van der Waals surface area (Å²) in [6.07, 6.45) is -0.217. The van der Waals surface area contributed by atoms with E-state index in [1.807, 2.05) is 26.1 Å². The van der Waals surface area contributed by atoms with Crippen LogP contribution in [-0.2, 0) is 6.54 Å². The second-order valence-electron chi connectivity index (χ2n) is 6.84. The molecular weight excluding hydrogens is 416 g/mol. The Balaban J connectivity index is 0.000000234. The number of hydrogen-bond donors (Lipinski definition) is 3. The Hall–Kier alpha value is -1.86. The number of carbonyl (C=O) groups is 1. The molecule has 0 saturated carbocycles. The maximum Gasteiger partial charge on any atom is 0.407 e. The molecule has 0 aromatic heterocycles. The van der Waals surface area contributed by atoms with Crippen LogP contribution in [0.5, 0.6) is 0 Å².